The monoisotopic (exact) mass is 555 g/mol. The summed E-state index contributed by atoms with van der Waals surface area (Å²) in [7, 11) is -4.15. The van der Waals surface area contributed by atoms with Gasteiger partial charge < -0.3 is 14.5 Å². The Morgan fingerprint density at radius 1 is 0.949 bits per heavy atom. The minimum absolute atomic E-state index is 0.0619. The molecular formula is C31H45N3O4S. The molecule has 7 nitrogen and oxygen atoms in total. The molecule has 4 rings (SSSR count). The first-order chi connectivity index (χ1) is 18.9. The lowest BCUT2D eigenvalue weighted by molar-refractivity contribution is 0.0488. The lowest BCUT2D eigenvalue weighted by Gasteiger charge is -2.50. The van der Waals surface area contributed by atoms with Crippen molar-refractivity contribution >= 4 is 21.5 Å². The van der Waals surface area contributed by atoms with Crippen molar-refractivity contribution in [2.75, 3.05) is 30.3 Å². The zero-order chi connectivity index (χ0) is 27.8. The molecule has 2 aliphatic heterocycles. The van der Waals surface area contributed by atoms with Gasteiger partial charge in [-0.15, -0.1) is 0 Å². The van der Waals surface area contributed by atoms with E-state index in [1.807, 2.05) is 24.3 Å². The van der Waals surface area contributed by atoms with E-state index in [0.717, 1.165) is 87.5 Å². The first-order valence-electron chi connectivity index (χ1n) is 14.7. The molecule has 2 heterocycles. The van der Waals surface area contributed by atoms with Crippen LogP contribution in [0.3, 0.4) is 0 Å². The highest BCUT2D eigenvalue weighted by Gasteiger charge is 2.40. The van der Waals surface area contributed by atoms with Crippen molar-refractivity contribution in [2.24, 2.45) is 0 Å². The fraction of sp³-hybridized carbons (Fsp3) is 0.548. The van der Waals surface area contributed by atoms with Crippen LogP contribution < -0.4 is 9.64 Å². The molecule has 2 unspecified atom stereocenters. The Bertz CT molecular complexity index is 1220. The largest absolute Gasteiger partial charge is 0.453 e. The zero-order valence-corrected chi connectivity index (χ0v) is 24.6. The molecule has 2 atom stereocenters. The Morgan fingerprint density at radius 2 is 1.67 bits per heavy atom. The molecule has 0 saturated heterocycles. The number of hydrogen-bond donors (Lipinski definition) is 1. The van der Waals surface area contributed by atoms with Crippen LogP contribution in [0.25, 0.3) is 0 Å². The van der Waals surface area contributed by atoms with E-state index < -0.39 is 10.1 Å². The minimum Gasteiger partial charge on any atom is -0.453 e. The van der Waals surface area contributed by atoms with Gasteiger partial charge >= 0.3 is 0 Å². The summed E-state index contributed by atoms with van der Waals surface area (Å²) in [5.74, 6) is 1.23. The number of fused-ring (bicyclic) bond motifs is 2. The lowest BCUT2D eigenvalue weighted by atomic mass is 9.99. The minimum atomic E-state index is -4.15. The molecule has 0 radical (unpaired) electrons. The predicted molar refractivity (Wildman–Crippen MR) is 160 cm³/mol. The summed E-state index contributed by atoms with van der Waals surface area (Å²) in [6.07, 6.45) is 12.1. The fourth-order valence-corrected chi connectivity index (χ4v) is 6.26. The third-order valence-corrected chi connectivity index (χ3v) is 8.47. The van der Waals surface area contributed by atoms with Crippen LogP contribution in [0.15, 0.2) is 54.7 Å². The van der Waals surface area contributed by atoms with E-state index in [0.29, 0.717) is 0 Å². The molecule has 8 heteroatoms. The quantitative estimate of drug-likeness (QED) is 0.252. The molecule has 214 valence electrons. The summed E-state index contributed by atoms with van der Waals surface area (Å²) in [6.45, 7) is 9.21. The maximum Gasteiger partial charge on any atom is 0.264 e. The van der Waals surface area contributed by atoms with Crippen molar-refractivity contribution in [3.05, 3.63) is 60.3 Å². The number of hydrogen-bond acceptors (Lipinski definition) is 6. The van der Waals surface area contributed by atoms with Crippen molar-refractivity contribution in [2.45, 2.75) is 84.3 Å². The Kier molecular flexibility index (Phi) is 10.3. The van der Waals surface area contributed by atoms with Crippen LogP contribution in [0, 0.1) is 0 Å². The third-order valence-electron chi connectivity index (χ3n) is 7.71. The average molecular weight is 556 g/mol. The molecule has 0 fully saturated rings. The number of nitrogens with zero attached hydrogens (tertiary/aromatic N) is 3. The van der Waals surface area contributed by atoms with Crippen molar-refractivity contribution in [3.63, 3.8) is 0 Å². The summed E-state index contributed by atoms with van der Waals surface area (Å²) in [5.41, 5.74) is 3.13. The van der Waals surface area contributed by atoms with Gasteiger partial charge in [-0.1, -0.05) is 64.3 Å². The van der Waals surface area contributed by atoms with E-state index in [4.69, 9.17) is 4.74 Å². The van der Waals surface area contributed by atoms with Crippen LogP contribution in [-0.4, -0.2) is 60.4 Å². The maximum atomic E-state index is 12.1. The van der Waals surface area contributed by atoms with Crippen LogP contribution in [0.2, 0.25) is 0 Å². The SMILES string of the molecule is CCCCc1ccc2c(c1)N(C(CCS(=O)(=O)O)C1N(CCCC)C=CCN1CCCC)c1ccccc1O2. The molecule has 0 saturated carbocycles. The molecule has 2 aliphatic rings. The standard InChI is InChI=1S/C31H45N3O4S/c1-4-7-13-25-16-17-30-28(24-25)34(26-14-10-11-15-29(26)38-30)27(18-23-39(35,36)37)31-32(19-8-5-2)21-12-22-33(31)20-9-6-3/h10-12,14-17,21,24,27,31H,4-9,13,18-20,22-23H2,1-3H3,(H,35,36,37). The second-order valence-corrected chi connectivity index (χ2v) is 12.3. The number of ether oxygens (including phenoxy) is 1. The second-order valence-electron chi connectivity index (χ2n) is 10.7. The van der Waals surface area contributed by atoms with Crippen molar-refractivity contribution < 1.29 is 17.7 Å². The molecule has 0 spiro atoms. The van der Waals surface area contributed by atoms with Gasteiger partial charge in [0.1, 0.15) is 6.17 Å². The van der Waals surface area contributed by atoms with E-state index in [-0.39, 0.29) is 24.4 Å². The first-order valence-corrected chi connectivity index (χ1v) is 16.3. The van der Waals surface area contributed by atoms with Crippen LogP contribution >= 0.6 is 0 Å². The topological polar surface area (TPSA) is 73.3 Å². The average Bonchev–Trinajstić information content (AvgIpc) is 2.93. The molecular weight excluding hydrogens is 510 g/mol. The summed E-state index contributed by atoms with van der Waals surface area (Å²) in [5, 5.41) is 0. The van der Waals surface area contributed by atoms with Crippen LogP contribution in [-0.2, 0) is 16.5 Å². The third kappa shape index (κ3) is 7.35. The van der Waals surface area contributed by atoms with Gasteiger partial charge in [0, 0.05) is 19.6 Å². The highest BCUT2D eigenvalue weighted by atomic mass is 32.2. The highest BCUT2D eigenvalue weighted by molar-refractivity contribution is 7.85. The van der Waals surface area contributed by atoms with E-state index in [1.54, 1.807) is 0 Å². The second kappa shape index (κ2) is 13.7. The molecule has 0 amide bonds. The number of unbranched alkanes of at least 4 members (excludes halogenated alkanes) is 3. The van der Waals surface area contributed by atoms with Crippen LogP contribution in [0.4, 0.5) is 11.4 Å². The zero-order valence-electron chi connectivity index (χ0n) is 23.8. The fourth-order valence-electron chi connectivity index (χ4n) is 5.72. The normalized spacial score (nSPS) is 18.0. The van der Waals surface area contributed by atoms with Gasteiger partial charge in [-0.25, -0.2) is 0 Å². The maximum absolute atomic E-state index is 12.1. The number of para-hydroxylation sites is 2. The molecule has 2 aromatic carbocycles. The van der Waals surface area contributed by atoms with Crippen molar-refractivity contribution in [1.82, 2.24) is 9.80 Å². The van der Waals surface area contributed by atoms with Gasteiger partial charge in [-0.05, 0) is 68.1 Å². The van der Waals surface area contributed by atoms with E-state index in [9.17, 15) is 13.0 Å². The summed E-state index contributed by atoms with van der Waals surface area (Å²) in [4.78, 5) is 7.17. The Morgan fingerprint density at radius 3 is 2.41 bits per heavy atom. The van der Waals surface area contributed by atoms with Gasteiger partial charge in [0.25, 0.3) is 10.1 Å². The first kappa shape index (κ1) is 29.4. The van der Waals surface area contributed by atoms with Crippen LogP contribution in [0.5, 0.6) is 11.5 Å². The molecule has 0 aliphatic carbocycles. The lowest BCUT2D eigenvalue weighted by Crippen LogP contribution is -2.60. The Balaban J connectivity index is 1.87. The van der Waals surface area contributed by atoms with Crippen LogP contribution in [0.1, 0.15) is 71.3 Å². The molecule has 2 aromatic rings. The van der Waals surface area contributed by atoms with Gasteiger partial charge in [-0.3, -0.25) is 9.45 Å². The molecule has 0 bridgehead atoms. The smallest absolute Gasteiger partial charge is 0.264 e. The Labute approximate surface area is 235 Å². The number of benzene rings is 2. The van der Waals surface area contributed by atoms with E-state index in [2.05, 4.69) is 65.9 Å². The predicted octanol–water partition coefficient (Wildman–Crippen LogP) is 6.98. The number of rotatable bonds is 14. The summed E-state index contributed by atoms with van der Waals surface area (Å²) < 4.78 is 40.6. The van der Waals surface area contributed by atoms with E-state index in [1.165, 1.54) is 5.56 Å². The van der Waals surface area contributed by atoms with Gasteiger partial charge in [0.05, 0.1) is 23.2 Å². The Hall–Kier alpha value is -2.55. The van der Waals surface area contributed by atoms with Gasteiger partial charge in [0.2, 0.25) is 0 Å². The van der Waals surface area contributed by atoms with Gasteiger partial charge in [0.15, 0.2) is 11.5 Å². The molecule has 39 heavy (non-hydrogen) atoms. The summed E-state index contributed by atoms with van der Waals surface area (Å²) in [6, 6.07) is 14.2. The number of aryl methyl sites for hydroxylation is 1. The molecule has 0 aromatic heterocycles. The molecule has 1 N–H and O–H groups in total. The number of anilines is 2. The van der Waals surface area contributed by atoms with E-state index >= 15 is 0 Å². The van der Waals surface area contributed by atoms with Gasteiger partial charge in [-0.2, -0.15) is 8.42 Å². The summed E-state index contributed by atoms with van der Waals surface area (Å²) >= 11 is 0. The van der Waals surface area contributed by atoms with Crippen molar-refractivity contribution in [1.29, 1.82) is 0 Å². The van der Waals surface area contributed by atoms with Crippen molar-refractivity contribution in [3.8, 4) is 11.5 Å². The highest BCUT2D eigenvalue weighted by Crippen LogP contribution is 2.49.